The Labute approximate surface area is 276 Å². The second kappa shape index (κ2) is 32.5. The molecule has 36 radical (unpaired) electrons. The van der Waals surface area contributed by atoms with Crippen molar-refractivity contribution in [2.24, 2.45) is 0 Å². The van der Waals surface area contributed by atoms with E-state index in [2.05, 4.69) is 89.3 Å². The summed E-state index contributed by atoms with van der Waals surface area (Å²) < 4.78 is 4.36. The monoisotopic (exact) mass is 1020 g/mol. The molecule has 0 aliphatic carbocycles. The zero-order valence-corrected chi connectivity index (χ0v) is 36.5. The molecule has 0 nitrogen and oxygen atoms in total. The van der Waals surface area contributed by atoms with Crippen molar-refractivity contribution in [3.63, 3.8) is 0 Å². The maximum atomic E-state index is 2.23. The predicted octanol–water partition coefficient (Wildman–Crippen LogP) is -1.22. The minimum atomic E-state index is -0.335. The molecule has 28 heavy (non-hydrogen) atoms. The second-order valence-corrected chi connectivity index (χ2v) is 8.95. The van der Waals surface area contributed by atoms with Gasteiger partial charge in [-0.2, -0.15) is 0 Å². The summed E-state index contributed by atoms with van der Waals surface area (Å²) in [6.45, 7) is 0. The molecular weight excluding hydrogens is 991 g/mol. The summed E-state index contributed by atoms with van der Waals surface area (Å²) in [6, 6.07) is 31.8. The van der Waals surface area contributed by atoms with Gasteiger partial charge in [-0.3, -0.25) is 0 Å². The summed E-state index contributed by atoms with van der Waals surface area (Å²) >= 11 is 1.75. The normalized spacial score (nSPS) is 6.75. The van der Waals surface area contributed by atoms with Gasteiger partial charge in [0, 0.05) is 141 Å². The quantitative estimate of drug-likeness (QED) is 0.283. The third-order valence-corrected chi connectivity index (χ3v) is 6.42. The first kappa shape index (κ1) is 48.7. The van der Waals surface area contributed by atoms with Crippen LogP contribution < -0.4 is 11.4 Å². The molecule has 3 aromatic rings. The Balaban J connectivity index is -0.0000000532. The molecule has 0 spiro atoms. The first-order chi connectivity index (χ1) is 9.84. The van der Waals surface area contributed by atoms with Crippen molar-refractivity contribution in [1.82, 2.24) is 0 Å². The fourth-order valence-electron chi connectivity index (χ4n) is 1.59. The third kappa shape index (κ3) is 24.0. The molecule has 128 valence electrons. The van der Waals surface area contributed by atoms with E-state index in [4.69, 9.17) is 0 Å². The second-order valence-electron chi connectivity index (χ2n) is 4.15. The molecule has 0 aliphatic heterocycles. The van der Waals surface area contributed by atoms with Gasteiger partial charge in [0.2, 0.25) is 0 Å². The Morgan fingerprint density at radius 1 is 0.393 bits per heavy atom. The summed E-state index contributed by atoms with van der Waals surface area (Å²) in [4.78, 5) is 0. The SMILES string of the molecule is [Ge].[Ge].[Ge].[Ge].[Ge].[Ge].[Ge].[Ge].[Ge][c]1ccccc1.c1cc[c]([Sb][c]2ccccc2)cc1. The van der Waals surface area contributed by atoms with E-state index in [1.54, 1.807) is 0 Å². The summed E-state index contributed by atoms with van der Waals surface area (Å²) in [5.74, 6) is 0. The van der Waals surface area contributed by atoms with Crippen molar-refractivity contribution in [2.75, 3.05) is 0 Å². The van der Waals surface area contributed by atoms with Crippen molar-refractivity contribution >= 4 is 190 Å². The van der Waals surface area contributed by atoms with Gasteiger partial charge in [-0.1, -0.05) is 0 Å². The molecule has 0 N–H and O–H groups in total. The average Bonchev–Trinajstić information content (AvgIpc) is 2.51. The van der Waals surface area contributed by atoms with Crippen LogP contribution in [0, 0.1) is 0 Å². The van der Waals surface area contributed by atoms with E-state index in [0.717, 1.165) is 0 Å². The number of benzene rings is 3. The number of rotatable bonds is 2. The molecule has 0 heterocycles. The minimum absolute atomic E-state index is 0. The van der Waals surface area contributed by atoms with Crippen molar-refractivity contribution in [1.29, 1.82) is 0 Å². The van der Waals surface area contributed by atoms with E-state index in [1.807, 2.05) is 18.2 Å². The van der Waals surface area contributed by atoms with Crippen LogP contribution >= 0.6 is 0 Å². The van der Waals surface area contributed by atoms with Gasteiger partial charge in [-0.25, -0.2) is 0 Å². The van der Waals surface area contributed by atoms with Crippen LogP contribution in [0.25, 0.3) is 0 Å². The zero-order valence-electron chi connectivity index (χ0n) is 15.1. The number of hydrogen-bond donors (Lipinski definition) is 0. The van der Waals surface area contributed by atoms with Gasteiger partial charge in [0.05, 0.1) is 0 Å². The van der Waals surface area contributed by atoms with Crippen molar-refractivity contribution in [3.8, 4) is 0 Å². The van der Waals surface area contributed by atoms with E-state index in [1.165, 1.54) is 11.4 Å². The van der Waals surface area contributed by atoms with Gasteiger partial charge in [-0.15, -0.1) is 0 Å². The molecule has 0 saturated carbocycles. The Morgan fingerprint density at radius 2 is 0.643 bits per heavy atom. The van der Waals surface area contributed by atoms with E-state index < -0.39 is 0 Å². The molecule has 0 fully saturated rings. The van der Waals surface area contributed by atoms with Gasteiger partial charge in [-0.05, 0) is 0 Å². The first-order valence-corrected chi connectivity index (χ1v) is 10.0. The molecule has 0 bridgehead atoms. The molecular formula is C18H15Ge9Sb. The molecule has 3 rings (SSSR count). The maximum absolute atomic E-state index is 2.23. The van der Waals surface area contributed by atoms with Crippen LogP contribution in [0.3, 0.4) is 0 Å². The molecule has 0 saturated heterocycles. The fourth-order valence-corrected chi connectivity index (χ4v) is 4.68. The molecule has 3 aromatic carbocycles. The predicted molar refractivity (Wildman–Crippen MR) is 136 cm³/mol. The van der Waals surface area contributed by atoms with Gasteiger partial charge in [0.1, 0.15) is 0 Å². The summed E-state index contributed by atoms with van der Waals surface area (Å²) in [5, 5.41) is 0. The number of hydrogen-bond acceptors (Lipinski definition) is 0. The molecule has 0 aromatic heterocycles. The summed E-state index contributed by atoms with van der Waals surface area (Å²) in [7, 11) is 0. The van der Waals surface area contributed by atoms with Crippen molar-refractivity contribution in [3.05, 3.63) is 91.0 Å². The molecule has 10 heteroatoms. The molecule has 0 atom stereocenters. The first-order valence-electron chi connectivity index (χ1n) is 6.43. The van der Waals surface area contributed by atoms with Crippen molar-refractivity contribution in [2.45, 2.75) is 0 Å². The van der Waals surface area contributed by atoms with Gasteiger partial charge in [0.25, 0.3) is 0 Å². The van der Waals surface area contributed by atoms with Crippen LogP contribution in [0.4, 0.5) is 0 Å². The molecule has 0 unspecified atom stereocenters. The Morgan fingerprint density at radius 3 is 0.857 bits per heavy atom. The van der Waals surface area contributed by atoms with Crippen LogP contribution in [0.2, 0.25) is 0 Å². The topological polar surface area (TPSA) is 0 Å². The van der Waals surface area contributed by atoms with Crippen LogP contribution in [0.15, 0.2) is 91.0 Å². The van der Waals surface area contributed by atoms with Gasteiger partial charge in [0.15, 0.2) is 0 Å². The Hall–Kier alpha value is 3.36. The van der Waals surface area contributed by atoms with Crippen LogP contribution in [0.1, 0.15) is 0 Å². The van der Waals surface area contributed by atoms with E-state index in [-0.39, 0.29) is 162 Å². The molecule has 0 amide bonds. The van der Waals surface area contributed by atoms with Crippen LogP contribution in [0.5, 0.6) is 0 Å². The van der Waals surface area contributed by atoms with E-state index in [0.29, 0.717) is 0 Å². The molecule has 0 aliphatic rings. The average molecular weight is 1010 g/mol. The van der Waals surface area contributed by atoms with Crippen LogP contribution in [-0.4, -0.2) is 179 Å². The Kier molecular flexibility index (Phi) is 56.6. The summed E-state index contributed by atoms with van der Waals surface area (Å²) in [6.07, 6.45) is 0. The fraction of sp³-hybridized carbons (Fsp3) is 0. The Bertz CT molecular complexity index is 576. The van der Waals surface area contributed by atoms with E-state index >= 15 is 0 Å². The summed E-state index contributed by atoms with van der Waals surface area (Å²) in [5.41, 5.74) is 0. The van der Waals surface area contributed by atoms with Crippen LogP contribution in [-0.2, 0) is 0 Å². The zero-order chi connectivity index (χ0) is 14.0. The standard InChI is InChI=1S/C6H5Ge.2C6H5.8Ge.Sb/c7-6-4-2-1-3-5-6;2*1-2-4-6-5-3-1;;;;;;;;;/h1-5H;2*1-5H;;;;;;;;;. The van der Waals surface area contributed by atoms with Crippen molar-refractivity contribution < 1.29 is 0 Å². The van der Waals surface area contributed by atoms with Gasteiger partial charge >= 0.3 is 141 Å². The van der Waals surface area contributed by atoms with Gasteiger partial charge < -0.3 is 0 Å². The third-order valence-electron chi connectivity index (χ3n) is 2.54. The van der Waals surface area contributed by atoms with E-state index in [9.17, 15) is 0 Å².